The fourth-order valence-corrected chi connectivity index (χ4v) is 3.89. The van der Waals surface area contributed by atoms with Gasteiger partial charge in [-0.3, -0.25) is 9.78 Å². The average Bonchev–Trinajstić information content (AvgIpc) is 2.73. The van der Waals surface area contributed by atoms with Crippen LogP contribution in [0.3, 0.4) is 0 Å². The molecule has 3 aromatic rings. The van der Waals surface area contributed by atoms with Crippen LogP contribution >= 0.6 is 0 Å². The van der Waals surface area contributed by atoms with Crippen LogP contribution in [0.4, 0.5) is 0 Å². The molecular weight excluding hydrogens is 362 g/mol. The van der Waals surface area contributed by atoms with Gasteiger partial charge in [-0.05, 0) is 43.0 Å². The highest BCUT2D eigenvalue weighted by molar-refractivity contribution is 5.91. The molecule has 5 heteroatoms. The molecular formula is C24H25N3O2. The predicted molar refractivity (Wildman–Crippen MR) is 112 cm³/mol. The zero-order valence-corrected chi connectivity index (χ0v) is 16.8. The molecule has 5 nitrogen and oxygen atoms in total. The highest BCUT2D eigenvalue weighted by Crippen LogP contribution is 2.49. The summed E-state index contributed by atoms with van der Waals surface area (Å²) in [4.78, 5) is 20.0. The number of nitrogens with one attached hydrogen (secondary N) is 1. The first-order valence-corrected chi connectivity index (χ1v) is 9.94. The molecule has 1 aromatic heterocycles. The van der Waals surface area contributed by atoms with Crippen LogP contribution in [0, 0.1) is 6.92 Å². The Hall–Kier alpha value is -3.21. The van der Waals surface area contributed by atoms with Gasteiger partial charge in [0.1, 0.15) is 18.1 Å². The van der Waals surface area contributed by atoms with Crippen molar-refractivity contribution >= 4 is 5.91 Å². The van der Waals surface area contributed by atoms with E-state index >= 15 is 0 Å². The van der Waals surface area contributed by atoms with E-state index in [1.165, 1.54) is 42.1 Å². The lowest BCUT2D eigenvalue weighted by atomic mass is 9.60. The quantitative estimate of drug-likeness (QED) is 0.689. The minimum absolute atomic E-state index is 0.125. The maximum Gasteiger partial charge on any atom is 0.271 e. The van der Waals surface area contributed by atoms with Gasteiger partial charge in [-0.15, -0.1) is 0 Å². The number of carbonyl (C=O) groups excluding carboxylic acids is 1. The first-order valence-electron chi connectivity index (χ1n) is 9.94. The number of nitrogens with zero attached hydrogens (tertiary/aromatic N) is 2. The fourth-order valence-electron chi connectivity index (χ4n) is 3.89. The van der Waals surface area contributed by atoms with Crippen molar-refractivity contribution in [1.29, 1.82) is 0 Å². The Labute approximate surface area is 171 Å². The Morgan fingerprint density at radius 3 is 2.28 bits per heavy atom. The number of rotatable bonds is 6. The Morgan fingerprint density at radius 2 is 1.69 bits per heavy atom. The third-order valence-electron chi connectivity index (χ3n) is 5.75. The summed E-state index contributed by atoms with van der Waals surface area (Å²) in [6, 6.07) is 17.3. The van der Waals surface area contributed by atoms with Gasteiger partial charge < -0.3 is 10.1 Å². The van der Waals surface area contributed by atoms with E-state index < -0.39 is 0 Å². The summed E-state index contributed by atoms with van der Waals surface area (Å²) in [6.45, 7) is 2.39. The third-order valence-corrected chi connectivity index (χ3v) is 5.75. The fraction of sp³-hybridized carbons (Fsp3) is 0.292. The van der Waals surface area contributed by atoms with E-state index in [2.05, 4.69) is 58.6 Å². The van der Waals surface area contributed by atoms with Crippen LogP contribution in [-0.2, 0) is 12.0 Å². The van der Waals surface area contributed by atoms with Crippen molar-refractivity contribution in [3.63, 3.8) is 0 Å². The molecule has 0 spiro atoms. The molecule has 0 radical (unpaired) electrons. The molecule has 1 N–H and O–H groups in total. The van der Waals surface area contributed by atoms with Crippen molar-refractivity contribution in [3.05, 3.63) is 89.0 Å². The van der Waals surface area contributed by atoms with Gasteiger partial charge in [0, 0.05) is 12.5 Å². The molecule has 4 rings (SSSR count). The van der Waals surface area contributed by atoms with Crippen LogP contribution < -0.4 is 10.1 Å². The third kappa shape index (κ3) is 3.86. The number of aromatic nitrogens is 2. The van der Waals surface area contributed by atoms with Crippen LogP contribution in [0.2, 0.25) is 0 Å². The van der Waals surface area contributed by atoms with E-state index in [0.717, 1.165) is 5.75 Å². The normalized spacial score (nSPS) is 14.7. The lowest BCUT2D eigenvalue weighted by Crippen LogP contribution is -2.35. The molecule has 1 aliphatic carbocycles. The zero-order valence-electron chi connectivity index (χ0n) is 16.8. The molecule has 2 aromatic carbocycles. The molecule has 0 saturated heterocycles. The minimum Gasteiger partial charge on any atom is -0.487 e. The lowest BCUT2D eigenvalue weighted by Gasteiger charge is -2.43. The minimum atomic E-state index is -0.259. The van der Waals surface area contributed by atoms with E-state index in [-0.39, 0.29) is 23.6 Å². The number of carbonyl (C=O) groups is 1. The highest BCUT2D eigenvalue weighted by atomic mass is 16.5. The van der Waals surface area contributed by atoms with Gasteiger partial charge in [-0.2, -0.15) is 0 Å². The van der Waals surface area contributed by atoms with Crippen LogP contribution in [0.15, 0.2) is 60.9 Å². The van der Waals surface area contributed by atoms with Gasteiger partial charge in [0.15, 0.2) is 0 Å². The Kier molecular flexibility index (Phi) is 5.30. The van der Waals surface area contributed by atoms with Crippen LogP contribution in [-0.4, -0.2) is 22.9 Å². The molecule has 0 atom stereocenters. The van der Waals surface area contributed by atoms with Crippen molar-refractivity contribution in [1.82, 2.24) is 15.3 Å². The van der Waals surface area contributed by atoms with Crippen molar-refractivity contribution in [2.24, 2.45) is 0 Å². The highest BCUT2D eigenvalue weighted by Gasteiger charge is 2.40. The molecule has 1 fully saturated rings. The van der Waals surface area contributed by atoms with Crippen molar-refractivity contribution < 1.29 is 9.53 Å². The Morgan fingerprint density at radius 1 is 1.03 bits per heavy atom. The van der Waals surface area contributed by atoms with E-state index in [9.17, 15) is 4.79 Å². The second-order valence-electron chi connectivity index (χ2n) is 7.59. The number of aryl methyl sites for hydroxylation is 1. The first-order chi connectivity index (χ1) is 14.1. The van der Waals surface area contributed by atoms with Gasteiger partial charge in [0.05, 0.1) is 18.1 Å². The van der Waals surface area contributed by atoms with Gasteiger partial charge in [0.2, 0.25) is 0 Å². The predicted octanol–water partition coefficient (Wildman–Crippen LogP) is 4.19. The topological polar surface area (TPSA) is 64.1 Å². The maximum absolute atomic E-state index is 11.7. The van der Waals surface area contributed by atoms with Crippen LogP contribution in [0.5, 0.6) is 5.75 Å². The number of hydrogen-bond acceptors (Lipinski definition) is 4. The van der Waals surface area contributed by atoms with Crippen LogP contribution in [0.25, 0.3) is 0 Å². The Balaban J connectivity index is 1.47. The number of ether oxygens (including phenoxy) is 1. The monoisotopic (exact) mass is 387 g/mol. The summed E-state index contributed by atoms with van der Waals surface area (Å²) < 4.78 is 5.87. The van der Waals surface area contributed by atoms with Gasteiger partial charge in [-0.25, -0.2) is 4.98 Å². The van der Waals surface area contributed by atoms with Gasteiger partial charge >= 0.3 is 0 Å². The number of hydrogen-bond donors (Lipinski definition) is 1. The molecule has 0 unspecified atom stereocenters. The SMILES string of the molecule is CNC(=O)c1cncc(COc2ccc(C3(c4ccc(C)cc4)CCC3)cc2)n1. The van der Waals surface area contributed by atoms with Crippen molar-refractivity contribution in [2.45, 2.75) is 38.2 Å². The average molecular weight is 387 g/mol. The molecule has 29 heavy (non-hydrogen) atoms. The second kappa shape index (κ2) is 8.03. The first kappa shape index (κ1) is 19.1. The summed E-state index contributed by atoms with van der Waals surface area (Å²) in [5, 5.41) is 2.55. The summed E-state index contributed by atoms with van der Waals surface area (Å²) in [5.74, 6) is 0.518. The Bertz CT molecular complexity index is 993. The molecule has 0 bridgehead atoms. The number of amides is 1. The van der Waals surface area contributed by atoms with E-state index in [1.54, 1.807) is 13.2 Å². The van der Waals surface area contributed by atoms with Gasteiger partial charge in [0.25, 0.3) is 5.91 Å². The zero-order chi connectivity index (χ0) is 20.3. The molecule has 1 saturated carbocycles. The standard InChI is InChI=1S/C24H25N3O2/c1-17-4-6-18(7-5-17)24(12-3-13-24)19-8-10-21(11-9-19)29-16-20-14-26-15-22(27-20)23(28)25-2/h4-11,14-15H,3,12-13,16H2,1-2H3,(H,25,28). The smallest absolute Gasteiger partial charge is 0.271 e. The van der Waals surface area contributed by atoms with Crippen molar-refractivity contribution in [3.8, 4) is 5.75 Å². The van der Waals surface area contributed by atoms with Crippen molar-refractivity contribution in [2.75, 3.05) is 7.05 Å². The summed E-state index contributed by atoms with van der Waals surface area (Å²) >= 11 is 0. The summed E-state index contributed by atoms with van der Waals surface area (Å²) in [7, 11) is 1.57. The lowest BCUT2D eigenvalue weighted by molar-refractivity contribution is 0.0957. The van der Waals surface area contributed by atoms with E-state index in [4.69, 9.17) is 4.74 Å². The van der Waals surface area contributed by atoms with E-state index in [0.29, 0.717) is 5.69 Å². The number of benzene rings is 2. The maximum atomic E-state index is 11.7. The summed E-state index contributed by atoms with van der Waals surface area (Å²) in [5.41, 5.74) is 5.04. The summed E-state index contributed by atoms with van der Waals surface area (Å²) in [6.07, 6.45) is 6.67. The molecule has 0 aliphatic heterocycles. The molecule has 1 heterocycles. The second-order valence-corrected chi connectivity index (χ2v) is 7.59. The molecule has 1 amide bonds. The largest absolute Gasteiger partial charge is 0.487 e. The van der Waals surface area contributed by atoms with Gasteiger partial charge in [-0.1, -0.05) is 48.4 Å². The van der Waals surface area contributed by atoms with E-state index in [1.807, 2.05) is 12.1 Å². The van der Waals surface area contributed by atoms with Crippen LogP contribution in [0.1, 0.15) is 52.1 Å². The molecule has 148 valence electrons. The molecule has 1 aliphatic rings.